The van der Waals surface area contributed by atoms with E-state index in [2.05, 4.69) is 50.3 Å². The molecule has 53 heavy (non-hydrogen) atoms. The molecule has 0 spiro atoms. The first-order valence-corrected chi connectivity index (χ1v) is 23.0. The van der Waals surface area contributed by atoms with Crippen molar-refractivity contribution >= 4 is 13.8 Å². The highest BCUT2D eigenvalue weighted by Crippen LogP contribution is 2.43. The number of aliphatic hydroxyl groups excluding tert-OH is 2. The summed E-state index contributed by atoms with van der Waals surface area (Å²) < 4.78 is 33.3. The molecule has 3 unspecified atom stereocenters. The lowest BCUT2D eigenvalue weighted by molar-refractivity contribution is -0.154. The van der Waals surface area contributed by atoms with Crippen LogP contribution in [-0.2, 0) is 27.9 Å². The van der Waals surface area contributed by atoms with E-state index in [1.807, 2.05) is 0 Å². The molecule has 312 valence electrons. The largest absolute Gasteiger partial charge is 0.472 e. The van der Waals surface area contributed by atoms with Crippen molar-refractivity contribution in [3.63, 3.8) is 0 Å². The maximum absolute atomic E-state index is 12.6. The maximum Gasteiger partial charge on any atom is 0.472 e. The van der Waals surface area contributed by atoms with Crippen molar-refractivity contribution in [2.45, 2.75) is 199 Å². The van der Waals surface area contributed by atoms with Crippen LogP contribution in [0.25, 0.3) is 0 Å². The van der Waals surface area contributed by atoms with Crippen LogP contribution in [0.1, 0.15) is 187 Å². The maximum atomic E-state index is 12.6. The Morgan fingerprint density at radius 1 is 0.585 bits per heavy atom. The van der Waals surface area contributed by atoms with Crippen molar-refractivity contribution in [3.8, 4) is 0 Å². The summed E-state index contributed by atoms with van der Waals surface area (Å²) in [5, 5.41) is 18.3. The highest BCUT2D eigenvalue weighted by molar-refractivity contribution is 7.47. The third-order valence-corrected chi connectivity index (χ3v) is 10.00. The topological polar surface area (TPSA) is 132 Å². The molecule has 0 bridgehead atoms. The molecule has 0 amide bonds. The lowest BCUT2D eigenvalue weighted by Gasteiger charge is -2.20. The van der Waals surface area contributed by atoms with E-state index in [-0.39, 0.29) is 19.6 Å². The zero-order chi connectivity index (χ0) is 38.9. The fourth-order valence-corrected chi connectivity index (χ4v) is 6.52. The van der Waals surface area contributed by atoms with Gasteiger partial charge in [-0.15, -0.1) is 0 Å². The molecule has 0 radical (unpaired) electrons. The molecule has 0 rings (SSSR count). The Kier molecular flexibility index (Phi) is 39.3. The zero-order valence-corrected chi connectivity index (χ0v) is 34.9. The number of allylic oxidation sites excluding steroid dienone is 6. The van der Waals surface area contributed by atoms with Crippen LogP contribution < -0.4 is 0 Å². The number of ether oxygens (including phenoxy) is 2. The van der Waals surface area contributed by atoms with Gasteiger partial charge in [-0.3, -0.25) is 13.8 Å². The summed E-state index contributed by atoms with van der Waals surface area (Å²) in [6.45, 7) is 3.46. The van der Waals surface area contributed by atoms with Gasteiger partial charge in [0.25, 0.3) is 0 Å². The van der Waals surface area contributed by atoms with Gasteiger partial charge in [-0.2, -0.15) is 0 Å². The quantitative estimate of drug-likeness (QED) is 0.0240. The SMILES string of the molecule is CCCCC/C=C\C/C=C\CCCCCCCCOCC(COP(=O)(O)OCC(O)CO)OC(=O)CCCCCCC/C=C\CCCCCCCCC. The molecule has 0 aromatic heterocycles. The summed E-state index contributed by atoms with van der Waals surface area (Å²) in [6.07, 6.45) is 42.4. The van der Waals surface area contributed by atoms with Crippen molar-refractivity contribution < 1.29 is 43.0 Å². The fourth-order valence-electron chi connectivity index (χ4n) is 5.73. The average Bonchev–Trinajstić information content (AvgIpc) is 3.15. The second-order valence-corrected chi connectivity index (χ2v) is 15.8. The first-order valence-electron chi connectivity index (χ1n) is 21.5. The van der Waals surface area contributed by atoms with Crippen LogP contribution in [0.3, 0.4) is 0 Å². The van der Waals surface area contributed by atoms with Crippen LogP contribution in [-0.4, -0.2) is 66.3 Å². The van der Waals surface area contributed by atoms with E-state index in [0.717, 1.165) is 70.6 Å². The van der Waals surface area contributed by atoms with E-state index >= 15 is 0 Å². The molecule has 0 aromatic carbocycles. The summed E-state index contributed by atoms with van der Waals surface area (Å²) in [6, 6.07) is 0. The number of phosphoric ester groups is 1. The van der Waals surface area contributed by atoms with E-state index in [1.165, 1.54) is 96.3 Å². The number of hydrogen-bond donors (Lipinski definition) is 3. The van der Waals surface area contributed by atoms with Gasteiger partial charge in [0, 0.05) is 13.0 Å². The second-order valence-electron chi connectivity index (χ2n) is 14.4. The highest BCUT2D eigenvalue weighted by Gasteiger charge is 2.26. The molecule has 0 fully saturated rings. The van der Waals surface area contributed by atoms with Crippen LogP contribution in [0.4, 0.5) is 0 Å². The Labute approximate surface area is 325 Å². The number of esters is 1. The molecule has 0 aromatic rings. The molecule has 0 aliphatic rings. The van der Waals surface area contributed by atoms with Gasteiger partial charge >= 0.3 is 13.8 Å². The highest BCUT2D eigenvalue weighted by atomic mass is 31.2. The molecule has 0 saturated carbocycles. The number of carbonyl (C=O) groups excluding carboxylic acids is 1. The Bertz CT molecular complexity index is 923. The van der Waals surface area contributed by atoms with Crippen LogP contribution in [0.5, 0.6) is 0 Å². The van der Waals surface area contributed by atoms with E-state index in [1.54, 1.807) is 0 Å². The lowest BCUT2D eigenvalue weighted by atomic mass is 10.1. The van der Waals surface area contributed by atoms with E-state index in [0.29, 0.717) is 6.61 Å². The number of phosphoric acid groups is 1. The molecule has 0 heterocycles. The molecule has 0 saturated heterocycles. The summed E-state index contributed by atoms with van der Waals surface area (Å²) in [4.78, 5) is 22.6. The third kappa shape index (κ3) is 40.2. The second kappa shape index (κ2) is 40.3. The van der Waals surface area contributed by atoms with Gasteiger partial charge in [-0.25, -0.2) is 4.57 Å². The van der Waals surface area contributed by atoms with Crippen molar-refractivity contribution in [3.05, 3.63) is 36.5 Å². The number of aliphatic hydroxyl groups is 2. The minimum absolute atomic E-state index is 0.0394. The average molecular weight is 773 g/mol. The molecule has 9 nitrogen and oxygen atoms in total. The molecular weight excluding hydrogens is 691 g/mol. The van der Waals surface area contributed by atoms with Crippen LogP contribution in [0, 0.1) is 0 Å². The van der Waals surface area contributed by atoms with Gasteiger partial charge in [0.15, 0.2) is 0 Å². The molecule has 10 heteroatoms. The minimum atomic E-state index is -4.52. The minimum Gasteiger partial charge on any atom is -0.457 e. The standard InChI is InChI=1S/C43H81O9P/c1-3-5-7-9-11-13-15-17-19-21-23-25-27-29-31-33-35-43(46)52-42(40-51-53(47,48)50-38-41(45)37-44)39-49-36-34-32-30-28-26-24-22-20-18-16-14-12-10-8-6-4-2/h12,14,18-21,41-42,44-45H,3-11,13,15-17,22-40H2,1-2H3,(H,47,48)/b14-12-,20-18-,21-19-. The van der Waals surface area contributed by atoms with Gasteiger partial charge < -0.3 is 24.6 Å². The lowest BCUT2D eigenvalue weighted by Crippen LogP contribution is -2.29. The van der Waals surface area contributed by atoms with Crippen molar-refractivity contribution in [1.29, 1.82) is 0 Å². The Morgan fingerprint density at radius 2 is 1.02 bits per heavy atom. The van der Waals surface area contributed by atoms with E-state index in [9.17, 15) is 19.4 Å². The van der Waals surface area contributed by atoms with Gasteiger partial charge in [-0.05, 0) is 70.6 Å². The number of hydrogen-bond acceptors (Lipinski definition) is 8. The molecular formula is C43H81O9P. The molecule has 3 N–H and O–H groups in total. The van der Waals surface area contributed by atoms with Crippen LogP contribution in [0.2, 0.25) is 0 Å². The van der Waals surface area contributed by atoms with Crippen LogP contribution >= 0.6 is 7.82 Å². The smallest absolute Gasteiger partial charge is 0.457 e. The van der Waals surface area contributed by atoms with Crippen molar-refractivity contribution in [2.24, 2.45) is 0 Å². The van der Waals surface area contributed by atoms with Gasteiger partial charge in [0.05, 0.1) is 26.4 Å². The Morgan fingerprint density at radius 3 is 1.57 bits per heavy atom. The van der Waals surface area contributed by atoms with Crippen molar-refractivity contribution in [1.82, 2.24) is 0 Å². The summed E-state index contributed by atoms with van der Waals surface area (Å²) in [5.41, 5.74) is 0. The number of unbranched alkanes of at least 4 members (excludes halogenated alkanes) is 21. The predicted molar refractivity (Wildman–Crippen MR) is 219 cm³/mol. The van der Waals surface area contributed by atoms with Crippen LogP contribution in [0.15, 0.2) is 36.5 Å². The number of rotatable bonds is 41. The Hall–Kier alpha value is -1.32. The molecule has 0 aliphatic carbocycles. The first kappa shape index (κ1) is 51.7. The normalized spacial score (nSPS) is 14.4. The van der Waals surface area contributed by atoms with E-state index < -0.39 is 39.2 Å². The third-order valence-electron chi connectivity index (χ3n) is 9.05. The molecule has 0 aliphatic heterocycles. The Balaban J connectivity index is 4.21. The predicted octanol–water partition coefficient (Wildman–Crippen LogP) is 11.6. The van der Waals surface area contributed by atoms with Crippen molar-refractivity contribution in [2.75, 3.05) is 33.0 Å². The van der Waals surface area contributed by atoms with E-state index in [4.69, 9.17) is 23.6 Å². The summed E-state index contributed by atoms with van der Waals surface area (Å²) >= 11 is 0. The monoisotopic (exact) mass is 773 g/mol. The zero-order valence-electron chi connectivity index (χ0n) is 34.0. The molecule has 3 atom stereocenters. The first-order chi connectivity index (χ1) is 25.8. The fraction of sp³-hybridized carbons (Fsp3) is 0.837. The van der Waals surface area contributed by atoms with Gasteiger partial charge in [0.1, 0.15) is 12.2 Å². The summed E-state index contributed by atoms with van der Waals surface area (Å²) in [5.74, 6) is -0.395. The number of carbonyl (C=O) groups is 1. The van der Waals surface area contributed by atoms with Gasteiger partial charge in [-0.1, -0.05) is 147 Å². The van der Waals surface area contributed by atoms with Gasteiger partial charge in [0.2, 0.25) is 0 Å². The summed E-state index contributed by atoms with van der Waals surface area (Å²) in [7, 11) is -4.52.